The fraction of sp³-hybridized carbons (Fsp3) is 0.600. The molecule has 0 radical (unpaired) electrons. The number of nitrogens with zero attached hydrogens (tertiary/aromatic N) is 1. The summed E-state index contributed by atoms with van der Waals surface area (Å²) in [6.07, 6.45) is 1.08. The third-order valence-corrected chi connectivity index (χ3v) is 3.66. The average Bonchev–Trinajstić information content (AvgIpc) is 2.41. The van der Waals surface area contributed by atoms with Gasteiger partial charge in [0.1, 0.15) is 0 Å². The Morgan fingerprint density at radius 1 is 1.42 bits per heavy atom. The van der Waals surface area contributed by atoms with Gasteiger partial charge in [0.05, 0.1) is 17.3 Å². The lowest BCUT2D eigenvalue weighted by molar-refractivity contribution is 0.203. The lowest BCUT2D eigenvalue weighted by atomic mass is 10.1. The Morgan fingerprint density at radius 3 is 2.68 bits per heavy atom. The van der Waals surface area contributed by atoms with Crippen molar-refractivity contribution in [2.45, 2.75) is 32.9 Å². The van der Waals surface area contributed by atoms with Crippen LogP contribution in [0.25, 0.3) is 0 Å². The maximum absolute atomic E-state index is 6.43. The molecule has 0 aliphatic carbocycles. The molecule has 1 aromatic rings. The van der Waals surface area contributed by atoms with Gasteiger partial charge in [0, 0.05) is 26.2 Å². The van der Waals surface area contributed by atoms with E-state index in [4.69, 9.17) is 16.3 Å². The van der Waals surface area contributed by atoms with Gasteiger partial charge in [-0.1, -0.05) is 24.6 Å². The molecule has 1 aromatic carbocycles. The molecule has 0 heterocycles. The molecule has 19 heavy (non-hydrogen) atoms. The van der Waals surface area contributed by atoms with E-state index < -0.39 is 0 Å². The molecule has 0 saturated carbocycles. The van der Waals surface area contributed by atoms with E-state index in [1.807, 2.05) is 13.1 Å². The van der Waals surface area contributed by atoms with E-state index in [1.165, 1.54) is 5.56 Å². The van der Waals surface area contributed by atoms with Gasteiger partial charge in [0.15, 0.2) is 0 Å². The predicted octanol–water partition coefficient (Wildman–Crippen LogP) is 3.31. The maximum Gasteiger partial charge on any atom is 0.0642 e. The number of hydrogen-bond acceptors (Lipinski definition) is 3. The molecule has 0 aliphatic heterocycles. The number of nitrogens with one attached hydrogen (secondary N) is 1. The molecule has 1 rings (SSSR count). The first-order valence-corrected chi connectivity index (χ1v) is 7.20. The van der Waals surface area contributed by atoms with Crippen LogP contribution in [-0.2, 0) is 11.3 Å². The van der Waals surface area contributed by atoms with Gasteiger partial charge in [-0.25, -0.2) is 0 Å². The van der Waals surface area contributed by atoms with E-state index in [0.29, 0.717) is 12.6 Å². The van der Waals surface area contributed by atoms with Gasteiger partial charge < -0.3 is 15.0 Å². The van der Waals surface area contributed by atoms with E-state index in [0.717, 1.165) is 30.2 Å². The van der Waals surface area contributed by atoms with Gasteiger partial charge in [0.25, 0.3) is 0 Å². The minimum Gasteiger partial charge on any atom is -0.383 e. The van der Waals surface area contributed by atoms with Crippen LogP contribution in [0.4, 0.5) is 5.69 Å². The number of benzene rings is 1. The first-order valence-electron chi connectivity index (χ1n) is 6.82. The fourth-order valence-corrected chi connectivity index (χ4v) is 2.40. The Kier molecular flexibility index (Phi) is 7.21. The van der Waals surface area contributed by atoms with Crippen molar-refractivity contribution < 1.29 is 4.74 Å². The number of methoxy groups -OCH3 is 1. The second-order valence-corrected chi connectivity index (χ2v) is 5.17. The van der Waals surface area contributed by atoms with Crippen LogP contribution in [0.5, 0.6) is 0 Å². The van der Waals surface area contributed by atoms with Crippen LogP contribution in [0.15, 0.2) is 18.2 Å². The summed E-state index contributed by atoms with van der Waals surface area (Å²) in [6.45, 7) is 6.80. The van der Waals surface area contributed by atoms with Gasteiger partial charge in [0.2, 0.25) is 0 Å². The number of ether oxygens (including phenoxy) is 1. The molecule has 0 saturated heterocycles. The van der Waals surface area contributed by atoms with Gasteiger partial charge in [-0.3, -0.25) is 0 Å². The Hall–Kier alpha value is -0.770. The minimum atomic E-state index is 0.447. The Morgan fingerprint density at radius 2 is 2.16 bits per heavy atom. The molecule has 1 N–H and O–H groups in total. The van der Waals surface area contributed by atoms with Crippen LogP contribution in [0.1, 0.15) is 25.8 Å². The lowest BCUT2D eigenvalue weighted by Crippen LogP contribution is -2.35. The van der Waals surface area contributed by atoms with Crippen LogP contribution in [0.2, 0.25) is 5.02 Å². The second kappa shape index (κ2) is 8.41. The number of halogens is 1. The molecule has 0 bridgehead atoms. The molecule has 0 aromatic heterocycles. The van der Waals surface area contributed by atoms with E-state index >= 15 is 0 Å². The van der Waals surface area contributed by atoms with Crippen molar-refractivity contribution in [3.63, 3.8) is 0 Å². The predicted molar refractivity (Wildman–Crippen MR) is 83.2 cm³/mol. The highest BCUT2D eigenvalue weighted by molar-refractivity contribution is 6.33. The van der Waals surface area contributed by atoms with Crippen LogP contribution >= 0.6 is 11.6 Å². The molecular weight excluding hydrogens is 260 g/mol. The van der Waals surface area contributed by atoms with Crippen LogP contribution in [-0.4, -0.2) is 33.4 Å². The highest BCUT2D eigenvalue weighted by Crippen LogP contribution is 2.29. The van der Waals surface area contributed by atoms with Crippen molar-refractivity contribution in [2.24, 2.45) is 0 Å². The molecule has 4 heteroatoms. The molecule has 3 nitrogen and oxygen atoms in total. The number of anilines is 1. The summed E-state index contributed by atoms with van der Waals surface area (Å²) in [5, 5.41) is 3.95. The molecule has 0 aliphatic rings. The third kappa shape index (κ3) is 4.68. The monoisotopic (exact) mass is 284 g/mol. The van der Waals surface area contributed by atoms with Crippen molar-refractivity contribution >= 4 is 17.3 Å². The van der Waals surface area contributed by atoms with Crippen molar-refractivity contribution in [3.05, 3.63) is 28.8 Å². The summed E-state index contributed by atoms with van der Waals surface area (Å²) in [6, 6.07) is 6.72. The summed E-state index contributed by atoms with van der Waals surface area (Å²) < 4.78 is 5.20. The largest absolute Gasteiger partial charge is 0.383 e. The van der Waals surface area contributed by atoms with E-state index in [2.05, 4.69) is 36.2 Å². The van der Waals surface area contributed by atoms with Gasteiger partial charge in [-0.05, 0) is 38.1 Å². The van der Waals surface area contributed by atoms with Gasteiger partial charge >= 0.3 is 0 Å². The first kappa shape index (κ1) is 16.3. The third-order valence-electron chi connectivity index (χ3n) is 3.36. The zero-order valence-corrected chi connectivity index (χ0v) is 13.1. The Balaban J connectivity index is 2.94. The SMILES string of the molecule is CCC(C)N(CCOC)c1ccc(CNC)cc1Cl. The topological polar surface area (TPSA) is 24.5 Å². The number of hydrogen-bond donors (Lipinski definition) is 1. The molecule has 0 amide bonds. The van der Waals surface area contributed by atoms with Crippen molar-refractivity contribution in [3.8, 4) is 0 Å². The van der Waals surface area contributed by atoms with Crippen molar-refractivity contribution in [1.29, 1.82) is 0 Å². The lowest BCUT2D eigenvalue weighted by Gasteiger charge is -2.31. The zero-order valence-electron chi connectivity index (χ0n) is 12.4. The van der Waals surface area contributed by atoms with E-state index in [1.54, 1.807) is 7.11 Å². The molecule has 0 spiro atoms. The highest BCUT2D eigenvalue weighted by Gasteiger charge is 2.15. The molecule has 108 valence electrons. The zero-order chi connectivity index (χ0) is 14.3. The molecule has 1 unspecified atom stereocenters. The highest BCUT2D eigenvalue weighted by atomic mass is 35.5. The van der Waals surface area contributed by atoms with E-state index in [9.17, 15) is 0 Å². The van der Waals surface area contributed by atoms with Crippen molar-refractivity contribution in [1.82, 2.24) is 5.32 Å². The Labute approximate surface area is 121 Å². The summed E-state index contributed by atoms with van der Waals surface area (Å²) in [4.78, 5) is 2.31. The van der Waals surface area contributed by atoms with Gasteiger partial charge in [-0.2, -0.15) is 0 Å². The summed E-state index contributed by atoms with van der Waals surface area (Å²) >= 11 is 6.43. The van der Waals surface area contributed by atoms with E-state index in [-0.39, 0.29) is 0 Å². The summed E-state index contributed by atoms with van der Waals surface area (Å²) in [5.74, 6) is 0. The molecule has 1 atom stereocenters. The summed E-state index contributed by atoms with van der Waals surface area (Å²) in [7, 11) is 3.66. The fourth-order valence-electron chi connectivity index (χ4n) is 2.09. The smallest absolute Gasteiger partial charge is 0.0642 e. The van der Waals surface area contributed by atoms with Crippen LogP contribution < -0.4 is 10.2 Å². The van der Waals surface area contributed by atoms with Gasteiger partial charge in [-0.15, -0.1) is 0 Å². The average molecular weight is 285 g/mol. The summed E-state index contributed by atoms with van der Waals surface area (Å²) in [5.41, 5.74) is 2.29. The number of rotatable bonds is 8. The quantitative estimate of drug-likeness (QED) is 0.793. The van der Waals surface area contributed by atoms with Crippen molar-refractivity contribution in [2.75, 3.05) is 32.2 Å². The molecule has 0 fully saturated rings. The minimum absolute atomic E-state index is 0.447. The normalized spacial score (nSPS) is 12.5. The second-order valence-electron chi connectivity index (χ2n) is 4.76. The first-order chi connectivity index (χ1) is 9.13. The van der Waals surface area contributed by atoms with Crippen LogP contribution in [0, 0.1) is 0 Å². The Bertz CT molecular complexity index is 384. The maximum atomic E-state index is 6.43. The standard InChI is InChI=1S/C15H25ClN2O/c1-5-12(2)18(8-9-19-4)15-7-6-13(11-17-3)10-14(15)16/h6-7,10,12,17H,5,8-9,11H2,1-4H3. The molecular formula is C15H25ClN2O. The van der Waals surface area contributed by atoms with Crippen LogP contribution in [0.3, 0.4) is 0 Å².